The fourth-order valence-electron chi connectivity index (χ4n) is 5.24. The number of nitriles is 1. The van der Waals surface area contributed by atoms with E-state index in [2.05, 4.69) is 13.0 Å². The topological polar surface area (TPSA) is 106 Å². The minimum atomic E-state index is -1.76. The number of aliphatic hydroxyl groups is 2. The minimum absolute atomic E-state index is 0.124. The number of rotatable bonds is 7. The van der Waals surface area contributed by atoms with E-state index in [9.17, 15) is 15.5 Å². The summed E-state index contributed by atoms with van der Waals surface area (Å²) in [6, 6.07) is 8.14. The lowest BCUT2D eigenvalue weighted by Crippen LogP contribution is -2.58. The molecule has 0 amide bonds. The maximum Gasteiger partial charge on any atom is 0.143 e. The summed E-state index contributed by atoms with van der Waals surface area (Å²) in [6.07, 6.45) is 4.76. The molecule has 7 heteroatoms. The molecule has 1 heterocycles. The summed E-state index contributed by atoms with van der Waals surface area (Å²) in [7, 11) is 6.10. The fraction of sp³-hybridized carbons (Fsp3) is 0.538. The molecule has 2 aromatic rings. The zero-order valence-electron chi connectivity index (χ0n) is 20.4. The van der Waals surface area contributed by atoms with Gasteiger partial charge in [-0.3, -0.25) is 4.98 Å². The number of fused-ring (bicyclic) bond motifs is 1. The Kier molecular flexibility index (Phi) is 7.11. The van der Waals surface area contributed by atoms with Crippen LogP contribution < -0.4 is 10.6 Å². The van der Waals surface area contributed by atoms with Gasteiger partial charge in [0.05, 0.1) is 11.2 Å². The molecule has 3 rings (SSSR count). The molecule has 6 nitrogen and oxygen atoms in total. The van der Waals surface area contributed by atoms with E-state index in [0.717, 1.165) is 41.8 Å². The lowest BCUT2D eigenvalue weighted by atomic mass is 9.77. The first-order valence-electron chi connectivity index (χ1n) is 11.8. The van der Waals surface area contributed by atoms with E-state index in [1.165, 1.54) is 17.4 Å². The normalized spacial score (nSPS) is 17.7. The maximum absolute atomic E-state index is 10.9. The largest absolute Gasteiger partial charge is 0.398 e. The van der Waals surface area contributed by atoms with Crippen LogP contribution in [0.4, 0.5) is 11.4 Å². The van der Waals surface area contributed by atoms with E-state index in [1.807, 2.05) is 25.1 Å². The molecule has 33 heavy (non-hydrogen) atoms. The molecule has 1 aromatic heterocycles. The molecule has 0 aliphatic heterocycles. The van der Waals surface area contributed by atoms with Crippen LogP contribution in [0.15, 0.2) is 18.2 Å². The van der Waals surface area contributed by atoms with Gasteiger partial charge in [-0.05, 0) is 87.6 Å². The summed E-state index contributed by atoms with van der Waals surface area (Å²) < 4.78 is 0. The second-order valence-corrected chi connectivity index (χ2v) is 9.74. The number of hydrogen-bond donors (Lipinski definition) is 3. The molecule has 2 unspecified atom stereocenters. The van der Waals surface area contributed by atoms with Gasteiger partial charge in [-0.15, -0.1) is 0 Å². The van der Waals surface area contributed by atoms with Crippen molar-refractivity contribution in [2.24, 2.45) is 0 Å². The molecule has 0 bridgehead atoms. The van der Waals surface area contributed by atoms with Crippen LogP contribution >= 0.6 is 0 Å². The highest BCUT2D eigenvalue weighted by atomic mass is 16.3. The molecular weight excluding hydrogens is 411 g/mol. The molecule has 1 aromatic carbocycles. The van der Waals surface area contributed by atoms with Gasteiger partial charge >= 0.3 is 0 Å². The Balaban J connectivity index is 2.16. The van der Waals surface area contributed by atoms with E-state index >= 15 is 0 Å². The number of nitrogens with zero attached hydrogens (tertiary/aromatic N) is 3. The van der Waals surface area contributed by atoms with Gasteiger partial charge in [0.25, 0.3) is 0 Å². The Labute approximate surface area is 198 Å². The second kappa shape index (κ2) is 9.36. The quantitative estimate of drug-likeness (QED) is 0.340. The smallest absolute Gasteiger partial charge is 0.143 e. The molecule has 4 N–H and O–H groups in total. The number of hydrogen-bond acceptors (Lipinski definition) is 6. The Morgan fingerprint density at radius 3 is 2.52 bits per heavy atom. The van der Waals surface area contributed by atoms with Gasteiger partial charge in [0.1, 0.15) is 19.6 Å². The van der Waals surface area contributed by atoms with Crippen LogP contribution in [0.1, 0.15) is 87.0 Å². The van der Waals surface area contributed by atoms with Crippen molar-refractivity contribution >= 4 is 19.2 Å². The number of nitrogen functional groups attached to an aromatic ring is 1. The highest BCUT2D eigenvalue weighted by Crippen LogP contribution is 2.42. The first-order chi connectivity index (χ1) is 15.4. The van der Waals surface area contributed by atoms with Crippen LogP contribution in [0.2, 0.25) is 0 Å². The zero-order chi connectivity index (χ0) is 24.6. The first-order valence-corrected chi connectivity index (χ1v) is 11.8. The van der Waals surface area contributed by atoms with Gasteiger partial charge in [0.2, 0.25) is 0 Å². The summed E-state index contributed by atoms with van der Waals surface area (Å²) >= 11 is 0. The number of pyridine rings is 1. The van der Waals surface area contributed by atoms with Crippen molar-refractivity contribution in [1.29, 1.82) is 5.26 Å². The third kappa shape index (κ3) is 5.02. The molecule has 1 aliphatic carbocycles. The Hall–Kier alpha value is -2.56. The van der Waals surface area contributed by atoms with Crippen molar-refractivity contribution in [1.82, 2.24) is 4.98 Å². The van der Waals surface area contributed by atoms with Gasteiger partial charge < -0.3 is 20.8 Å². The summed E-state index contributed by atoms with van der Waals surface area (Å²) in [4.78, 5) is 6.39. The van der Waals surface area contributed by atoms with Gasteiger partial charge in [-0.25, -0.2) is 0 Å². The molecule has 174 valence electrons. The highest BCUT2D eigenvalue weighted by Gasteiger charge is 2.38. The maximum atomic E-state index is 10.9. The summed E-state index contributed by atoms with van der Waals surface area (Å²) in [5, 5.41) is 31.5. The van der Waals surface area contributed by atoms with Crippen molar-refractivity contribution in [3.05, 3.63) is 51.8 Å². The average molecular weight is 446 g/mol. The molecule has 1 aliphatic rings. The number of anilines is 2. The third-order valence-electron chi connectivity index (χ3n) is 6.43. The lowest BCUT2D eigenvalue weighted by Gasteiger charge is -2.46. The molecule has 0 saturated carbocycles. The van der Waals surface area contributed by atoms with Gasteiger partial charge in [-0.2, -0.15) is 5.26 Å². The van der Waals surface area contributed by atoms with Crippen molar-refractivity contribution in [3.63, 3.8) is 0 Å². The van der Waals surface area contributed by atoms with Crippen molar-refractivity contribution in [2.75, 3.05) is 10.6 Å². The Bertz CT molecular complexity index is 1050. The number of nitrogens with two attached hydrogens (primary N) is 1. The minimum Gasteiger partial charge on any atom is -0.398 e. The van der Waals surface area contributed by atoms with Crippen LogP contribution in [0, 0.1) is 11.3 Å². The highest BCUT2D eigenvalue weighted by molar-refractivity contribution is 6.15. The number of aryl methyl sites for hydroxylation is 2. The molecular formula is C26H35BN4O2. The van der Waals surface area contributed by atoms with Crippen molar-refractivity contribution in [2.45, 2.75) is 90.4 Å². The van der Waals surface area contributed by atoms with Crippen LogP contribution in [-0.2, 0) is 25.7 Å². The van der Waals surface area contributed by atoms with Crippen LogP contribution in [0.5, 0.6) is 0 Å². The van der Waals surface area contributed by atoms with E-state index in [4.69, 9.17) is 18.6 Å². The van der Waals surface area contributed by atoms with Gasteiger partial charge in [0.15, 0.2) is 0 Å². The molecule has 0 saturated heterocycles. The SMILES string of the molecule is [B]C(C)(O)N(c1cc(CC)nc2c1CCC(c1c(CCC)ccc(N)c1C#N)C2)C(C)(C)O. The van der Waals surface area contributed by atoms with Crippen LogP contribution in [-0.4, -0.2) is 34.4 Å². The van der Waals surface area contributed by atoms with Gasteiger partial charge in [-0.1, -0.05) is 26.3 Å². The standard InChI is InChI=1S/C26H35BN4O2/c1-6-8-16-10-12-21(29)20(15-28)24(16)17-9-11-19-22(13-17)30-18(7-2)14-23(19)31(25(3,4)32)26(5,27)33/h10,12,14,17,32-33H,6-9,11,13,29H2,1-5H3. The Morgan fingerprint density at radius 1 is 1.27 bits per heavy atom. The van der Waals surface area contributed by atoms with E-state index < -0.39 is 11.3 Å². The van der Waals surface area contributed by atoms with E-state index in [1.54, 1.807) is 13.8 Å². The molecule has 0 spiro atoms. The fourth-order valence-corrected chi connectivity index (χ4v) is 5.24. The molecule has 0 fully saturated rings. The average Bonchev–Trinajstić information content (AvgIpc) is 2.72. The summed E-state index contributed by atoms with van der Waals surface area (Å²) in [5.41, 5.74) is 9.83. The molecule has 2 radical (unpaired) electrons. The van der Waals surface area contributed by atoms with E-state index in [0.29, 0.717) is 36.2 Å². The second-order valence-electron chi connectivity index (χ2n) is 9.74. The van der Waals surface area contributed by atoms with Crippen molar-refractivity contribution in [3.8, 4) is 6.07 Å². The van der Waals surface area contributed by atoms with Crippen LogP contribution in [0.25, 0.3) is 0 Å². The predicted octanol–water partition coefficient (Wildman–Crippen LogP) is 3.69. The first kappa shape index (κ1) is 25.1. The Morgan fingerprint density at radius 2 is 1.97 bits per heavy atom. The number of benzene rings is 1. The van der Waals surface area contributed by atoms with E-state index in [-0.39, 0.29) is 5.92 Å². The third-order valence-corrected chi connectivity index (χ3v) is 6.43. The summed E-state index contributed by atoms with van der Waals surface area (Å²) in [5.74, 6) is 0.124. The molecule has 2 atom stereocenters. The van der Waals surface area contributed by atoms with Crippen molar-refractivity contribution < 1.29 is 10.2 Å². The van der Waals surface area contributed by atoms with Gasteiger partial charge in [0, 0.05) is 22.8 Å². The number of aromatic nitrogens is 1. The lowest BCUT2D eigenvalue weighted by molar-refractivity contribution is 0.0109. The predicted molar refractivity (Wildman–Crippen MR) is 133 cm³/mol. The van der Waals surface area contributed by atoms with Crippen LogP contribution in [0.3, 0.4) is 0 Å². The monoisotopic (exact) mass is 446 g/mol. The zero-order valence-corrected chi connectivity index (χ0v) is 20.4. The summed E-state index contributed by atoms with van der Waals surface area (Å²) in [6.45, 7) is 8.85.